The Hall–Kier alpha value is -1.66. The number of carbonyl (C=O) groups is 1. The average molecular weight is 311 g/mol. The molecule has 6 nitrogen and oxygen atoms in total. The van der Waals surface area contributed by atoms with E-state index in [1.54, 1.807) is 0 Å². The number of amides is 1. The maximum Gasteiger partial charge on any atom is 0.270 e. The van der Waals surface area contributed by atoms with Gasteiger partial charge in [0.25, 0.3) is 11.6 Å². The van der Waals surface area contributed by atoms with Gasteiger partial charge >= 0.3 is 0 Å². The zero-order valence-corrected chi connectivity index (χ0v) is 12.0. The van der Waals surface area contributed by atoms with Crippen molar-refractivity contribution in [2.75, 3.05) is 6.61 Å². The molecule has 0 radical (unpaired) electrons. The van der Waals surface area contributed by atoms with Crippen molar-refractivity contribution in [1.29, 1.82) is 0 Å². The van der Waals surface area contributed by atoms with Gasteiger partial charge in [0.1, 0.15) is 0 Å². The molecule has 0 bridgehead atoms. The fourth-order valence-corrected chi connectivity index (χ4v) is 2.91. The summed E-state index contributed by atoms with van der Waals surface area (Å²) < 4.78 is 5.66. The van der Waals surface area contributed by atoms with Crippen LogP contribution in [-0.2, 0) is 4.74 Å². The topological polar surface area (TPSA) is 81.5 Å². The van der Waals surface area contributed by atoms with E-state index in [4.69, 9.17) is 16.3 Å². The Bertz CT molecular complexity index is 588. The third-order valence-corrected chi connectivity index (χ3v) is 4.27. The molecule has 2 fully saturated rings. The zero-order valence-electron chi connectivity index (χ0n) is 11.3. The number of ether oxygens (including phenoxy) is 1. The van der Waals surface area contributed by atoms with Crippen molar-refractivity contribution < 1.29 is 14.5 Å². The Balaban J connectivity index is 1.75. The Morgan fingerprint density at radius 1 is 1.38 bits per heavy atom. The molecule has 1 aliphatic heterocycles. The molecule has 21 heavy (non-hydrogen) atoms. The molecule has 0 aromatic heterocycles. The van der Waals surface area contributed by atoms with Gasteiger partial charge in [0.2, 0.25) is 0 Å². The van der Waals surface area contributed by atoms with Gasteiger partial charge in [-0.3, -0.25) is 14.9 Å². The second-order valence-corrected chi connectivity index (χ2v) is 5.87. The van der Waals surface area contributed by atoms with Crippen LogP contribution in [0.3, 0.4) is 0 Å². The highest BCUT2D eigenvalue weighted by atomic mass is 35.5. The van der Waals surface area contributed by atoms with Crippen LogP contribution in [0.2, 0.25) is 5.02 Å². The van der Waals surface area contributed by atoms with E-state index in [-0.39, 0.29) is 34.3 Å². The molecule has 3 rings (SSSR count). The third-order valence-electron chi connectivity index (χ3n) is 3.94. The summed E-state index contributed by atoms with van der Waals surface area (Å²) in [4.78, 5) is 22.6. The van der Waals surface area contributed by atoms with Crippen LogP contribution in [0.15, 0.2) is 18.2 Å². The fourth-order valence-electron chi connectivity index (χ4n) is 2.70. The minimum absolute atomic E-state index is 0.0414. The Morgan fingerprint density at radius 3 is 2.81 bits per heavy atom. The minimum atomic E-state index is -0.543. The lowest BCUT2D eigenvalue weighted by molar-refractivity contribution is -0.384. The largest absolute Gasteiger partial charge is 0.376 e. The Kier molecular flexibility index (Phi) is 3.82. The molecule has 0 spiro atoms. The van der Waals surface area contributed by atoms with Crippen molar-refractivity contribution in [1.82, 2.24) is 5.32 Å². The van der Waals surface area contributed by atoms with E-state index >= 15 is 0 Å². The van der Waals surface area contributed by atoms with Gasteiger partial charge < -0.3 is 10.1 Å². The van der Waals surface area contributed by atoms with Gasteiger partial charge in [-0.05, 0) is 31.2 Å². The van der Waals surface area contributed by atoms with Gasteiger partial charge in [0.05, 0.1) is 27.7 Å². The number of nitrogens with zero attached hydrogens (tertiary/aromatic N) is 1. The van der Waals surface area contributed by atoms with E-state index in [1.165, 1.54) is 18.2 Å². The molecule has 1 saturated carbocycles. The first-order valence-corrected chi connectivity index (χ1v) is 7.30. The van der Waals surface area contributed by atoms with Crippen LogP contribution >= 0.6 is 11.6 Å². The average Bonchev–Trinajstić information content (AvgIpc) is 3.19. The summed E-state index contributed by atoms with van der Waals surface area (Å²) in [6.45, 7) is 0.634. The number of hydrogen-bond donors (Lipinski definition) is 1. The standard InChI is InChI=1S/C14H15ClN2O4/c15-11-4-3-9(17(19)20)7-10(11)14(18)16-12-5-6-21-13(12)8-1-2-8/h3-4,7-8,12-13H,1-2,5-6H2,(H,16,18). The van der Waals surface area contributed by atoms with Crippen molar-refractivity contribution in [3.8, 4) is 0 Å². The predicted molar refractivity (Wildman–Crippen MR) is 76.4 cm³/mol. The Labute approximate surface area is 126 Å². The third kappa shape index (κ3) is 3.01. The number of halogens is 1. The van der Waals surface area contributed by atoms with Crippen LogP contribution in [0.25, 0.3) is 0 Å². The van der Waals surface area contributed by atoms with Gasteiger partial charge in [0, 0.05) is 18.7 Å². The van der Waals surface area contributed by atoms with Gasteiger partial charge in [-0.15, -0.1) is 0 Å². The molecule has 1 N–H and O–H groups in total. The number of non-ortho nitro benzene ring substituents is 1. The number of carbonyl (C=O) groups excluding carboxylic acids is 1. The van der Waals surface area contributed by atoms with E-state index in [1.807, 2.05) is 0 Å². The first-order valence-electron chi connectivity index (χ1n) is 6.92. The van der Waals surface area contributed by atoms with Crippen molar-refractivity contribution in [3.05, 3.63) is 38.9 Å². The van der Waals surface area contributed by atoms with Crippen LogP contribution in [0.1, 0.15) is 29.6 Å². The van der Waals surface area contributed by atoms with E-state index in [0.29, 0.717) is 12.5 Å². The molecule has 112 valence electrons. The maximum absolute atomic E-state index is 12.3. The van der Waals surface area contributed by atoms with Crippen molar-refractivity contribution in [2.24, 2.45) is 5.92 Å². The van der Waals surface area contributed by atoms with Gasteiger partial charge in [-0.1, -0.05) is 11.6 Å². The van der Waals surface area contributed by atoms with E-state index in [2.05, 4.69) is 5.32 Å². The SMILES string of the molecule is O=C(NC1CCOC1C1CC1)c1cc([N+](=O)[O-])ccc1Cl. The number of rotatable bonds is 4. The molecule has 2 aliphatic rings. The number of nitrogens with one attached hydrogen (secondary N) is 1. The van der Waals surface area contributed by atoms with Crippen LogP contribution in [0, 0.1) is 16.0 Å². The first kappa shape index (κ1) is 14.3. The second-order valence-electron chi connectivity index (χ2n) is 5.46. The molecule has 1 aliphatic carbocycles. The molecule has 1 aromatic rings. The van der Waals surface area contributed by atoms with Gasteiger partial charge in [-0.2, -0.15) is 0 Å². The lowest BCUT2D eigenvalue weighted by Crippen LogP contribution is -2.41. The summed E-state index contributed by atoms with van der Waals surface area (Å²) in [6, 6.07) is 3.82. The molecule has 1 aromatic carbocycles. The molecule has 7 heteroatoms. The summed E-state index contributed by atoms with van der Waals surface area (Å²) in [7, 11) is 0. The van der Waals surface area contributed by atoms with E-state index in [0.717, 1.165) is 19.3 Å². The number of nitro groups is 1. The molecular formula is C14H15ClN2O4. The van der Waals surface area contributed by atoms with Crippen LogP contribution in [-0.4, -0.2) is 29.6 Å². The van der Waals surface area contributed by atoms with Crippen molar-refractivity contribution in [2.45, 2.75) is 31.4 Å². The summed E-state index contributed by atoms with van der Waals surface area (Å²) in [5.74, 6) is 0.142. The molecule has 2 atom stereocenters. The highest BCUT2D eigenvalue weighted by Crippen LogP contribution is 2.38. The summed E-state index contributed by atoms with van der Waals surface area (Å²) in [5, 5.41) is 13.9. The first-order chi connectivity index (χ1) is 10.1. The van der Waals surface area contributed by atoms with Gasteiger partial charge in [-0.25, -0.2) is 0 Å². The van der Waals surface area contributed by atoms with Crippen LogP contribution < -0.4 is 5.32 Å². The predicted octanol–water partition coefficient (Wildman–Crippen LogP) is 2.55. The maximum atomic E-state index is 12.3. The van der Waals surface area contributed by atoms with Crippen molar-refractivity contribution in [3.63, 3.8) is 0 Å². The van der Waals surface area contributed by atoms with Crippen LogP contribution in [0.4, 0.5) is 5.69 Å². The van der Waals surface area contributed by atoms with E-state index in [9.17, 15) is 14.9 Å². The Morgan fingerprint density at radius 2 is 2.14 bits per heavy atom. The molecule has 1 saturated heterocycles. The molecule has 1 amide bonds. The summed E-state index contributed by atoms with van der Waals surface area (Å²) >= 11 is 5.98. The van der Waals surface area contributed by atoms with Crippen LogP contribution in [0.5, 0.6) is 0 Å². The zero-order chi connectivity index (χ0) is 15.0. The molecule has 2 unspecified atom stereocenters. The fraction of sp³-hybridized carbons (Fsp3) is 0.500. The second kappa shape index (κ2) is 5.61. The lowest BCUT2D eigenvalue weighted by atomic mass is 10.1. The number of nitro benzene ring substituents is 1. The highest BCUT2D eigenvalue weighted by molar-refractivity contribution is 6.33. The smallest absolute Gasteiger partial charge is 0.270 e. The lowest BCUT2D eigenvalue weighted by Gasteiger charge is -2.19. The molecular weight excluding hydrogens is 296 g/mol. The normalized spacial score (nSPS) is 24.8. The monoisotopic (exact) mass is 310 g/mol. The molecule has 1 heterocycles. The minimum Gasteiger partial charge on any atom is -0.376 e. The quantitative estimate of drug-likeness (QED) is 0.684. The number of hydrogen-bond acceptors (Lipinski definition) is 4. The van der Waals surface area contributed by atoms with Gasteiger partial charge in [0.15, 0.2) is 0 Å². The van der Waals surface area contributed by atoms with Crippen molar-refractivity contribution >= 4 is 23.2 Å². The number of benzene rings is 1. The highest BCUT2D eigenvalue weighted by Gasteiger charge is 2.41. The summed E-state index contributed by atoms with van der Waals surface area (Å²) in [5.41, 5.74) is -0.0155. The van der Waals surface area contributed by atoms with E-state index < -0.39 is 4.92 Å². The summed E-state index contributed by atoms with van der Waals surface area (Å²) in [6.07, 6.45) is 3.09.